The maximum atomic E-state index is 12.7. The van der Waals surface area contributed by atoms with Gasteiger partial charge in [-0.05, 0) is 57.0 Å². The van der Waals surface area contributed by atoms with Crippen molar-refractivity contribution in [1.29, 1.82) is 0 Å². The van der Waals surface area contributed by atoms with E-state index in [-0.39, 0.29) is 12.3 Å². The van der Waals surface area contributed by atoms with Crippen molar-refractivity contribution in [2.45, 2.75) is 32.9 Å². The number of ether oxygens (including phenoxy) is 3. The van der Waals surface area contributed by atoms with Gasteiger partial charge in [0, 0.05) is 32.3 Å². The summed E-state index contributed by atoms with van der Waals surface area (Å²) in [6, 6.07) is 4.74. The third kappa shape index (κ3) is 8.31. The molecule has 0 aliphatic carbocycles. The molecule has 0 unspecified atom stereocenters. The van der Waals surface area contributed by atoms with Gasteiger partial charge in [0.15, 0.2) is 5.96 Å². The van der Waals surface area contributed by atoms with Crippen LogP contribution in [-0.2, 0) is 11.3 Å². The molecule has 1 aliphatic rings. The van der Waals surface area contributed by atoms with Gasteiger partial charge in [0.2, 0.25) is 0 Å². The summed E-state index contributed by atoms with van der Waals surface area (Å²) in [4.78, 5) is 6.98. The minimum absolute atomic E-state index is 0.105. The summed E-state index contributed by atoms with van der Waals surface area (Å²) in [7, 11) is 3.26. The zero-order chi connectivity index (χ0) is 21.8. The predicted octanol–water partition coefficient (Wildman–Crippen LogP) is 2.71. The number of hydrogen-bond donors (Lipinski definition) is 2. The highest BCUT2D eigenvalue weighted by Crippen LogP contribution is 2.26. The Morgan fingerprint density at radius 2 is 2.00 bits per heavy atom. The summed E-state index contributed by atoms with van der Waals surface area (Å²) >= 11 is 0. The Bertz CT molecular complexity index is 653. The van der Waals surface area contributed by atoms with Crippen LogP contribution in [0.5, 0.6) is 11.5 Å². The molecule has 1 aromatic rings. The Morgan fingerprint density at radius 3 is 2.63 bits per heavy atom. The number of alkyl halides is 2. The second-order valence-corrected chi connectivity index (χ2v) is 7.21. The Labute approximate surface area is 177 Å². The number of rotatable bonds is 11. The molecule has 2 rings (SSSR count). The van der Waals surface area contributed by atoms with E-state index < -0.39 is 6.61 Å². The average molecular weight is 429 g/mol. The second kappa shape index (κ2) is 13.2. The summed E-state index contributed by atoms with van der Waals surface area (Å²) in [6.07, 6.45) is 2.25. The lowest BCUT2D eigenvalue weighted by Gasteiger charge is -2.32. The molecule has 1 heterocycles. The normalized spacial score (nSPS) is 16.0. The second-order valence-electron chi connectivity index (χ2n) is 7.21. The molecule has 1 aliphatic heterocycles. The topological polar surface area (TPSA) is 67.4 Å². The van der Waals surface area contributed by atoms with Gasteiger partial charge >= 0.3 is 6.61 Å². The SMILES string of the molecule is CCNC(=NCc1cc(OC)ccc1OC(F)F)NCC1CCN(CCOC)CC1. The molecule has 1 fully saturated rings. The smallest absolute Gasteiger partial charge is 0.387 e. The quantitative estimate of drug-likeness (QED) is 0.417. The number of likely N-dealkylation sites (tertiary alicyclic amines) is 1. The lowest BCUT2D eigenvalue weighted by molar-refractivity contribution is -0.0504. The molecule has 30 heavy (non-hydrogen) atoms. The summed E-state index contributed by atoms with van der Waals surface area (Å²) in [5.41, 5.74) is 0.540. The van der Waals surface area contributed by atoms with Gasteiger partial charge in [-0.1, -0.05) is 0 Å². The Hall–Kier alpha value is -2.13. The van der Waals surface area contributed by atoms with Crippen LogP contribution in [0.15, 0.2) is 23.2 Å². The molecular weight excluding hydrogens is 394 g/mol. The Kier molecular flexibility index (Phi) is 10.6. The summed E-state index contributed by atoms with van der Waals surface area (Å²) in [5.74, 6) is 1.90. The van der Waals surface area contributed by atoms with Crippen LogP contribution < -0.4 is 20.1 Å². The molecule has 9 heteroatoms. The van der Waals surface area contributed by atoms with Gasteiger partial charge in [0.1, 0.15) is 11.5 Å². The number of methoxy groups -OCH3 is 2. The van der Waals surface area contributed by atoms with E-state index in [0.29, 0.717) is 29.7 Å². The molecule has 0 bridgehead atoms. The molecule has 0 amide bonds. The number of benzene rings is 1. The van der Waals surface area contributed by atoms with Crippen LogP contribution >= 0.6 is 0 Å². The Balaban J connectivity index is 1.93. The molecule has 0 spiro atoms. The van der Waals surface area contributed by atoms with Gasteiger partial charge in [-0.15, -0.1) is 0 Å². The van der Waals surface area contributed by atoms with Crippen molar-refractivity contribution in [2.75, 3.05) is 53.6 Å². The zero-order valence-electron chi connectivity index (χ0n) is 18.1. The lowest BCUT2D eigenvalue weighted by Crippen LogP contribution is -2.43. The van der Waals surface area contributed by atoms with E-state index >= 15 is 0 Å². The molecular formula is C21H34F2N4O3. The van der Waals surface area contributed by atoms with Gasteiger partial charge in [0.05, 0.1) is 20.3 Å². The highest BCUT2D eigenvalue weighted by atomic mass is 19.3. The lowest BCUT2D eigenvalue weighted by atomic mass is 9.97. The molecule has 2 N–H and O–H groups in total. The number of halogens is 2. The first-order chi connectivity index (χ1) is 14.5. The van der Waals surface area contributed by atoms with Crippen LogP contribution in [0, 0.1) is 5.92 Å². The van der Waals surface area contributed by atoms with Crippen molar-refractivity contribution < 1.29 is 23.0 Å². The number of aliphatic imine (C=N–C) groups is 1. The summed E-state index contributed by atoms with van der Waals surface area (Å²) in [5, 5.41) is 6.59. The number of nitrogens with one attached hydrogen (secondary N) is 2. The minimum atomic E-state index is -2.89. The molecule has 170 valence electrons. The number of nitrogens with zero attached hydrogens (tertiary/aromatic N) is 2. The molecule has 7 nitrogen and oxygen atoms in total. The largest absolute Gasteiger partial charge is 0.497 e. The van der Waals surface area contributed by atoms with Crippen LogP contribution in [0.3, 0.4) is 0 Å². The fourth-order valence-electron chi connectivity index (χ4n) is 3.40. The van der Waals surface area contributed by atoms with Gasteiger partial charge in [-0.3, -0.25) is 0 Å². The van der Waals surface area contributed by atoms with Crippen LogP contribution in [0.2, 0.25) is 0 Å². The monoisotopic (exact) mass is 428 g/mol. The van der Waals surface area contributed by atoms with Crippen molar-refractivity contribution in [3.05, 3.63) is 23.8 Å². The van der Waals surface area contributed by atoms with E-state index in [1.54, 1.807) is 19.2 Å². The van der Waals surface area contributed by atoms with Crippen LogP contribution in [-0.4, -0.2) is 71.0 Å². The average Bonchev–Trinajstić information content (AvgIpc) is 2.75. The van der Waals surface area contributed by atoms with Crippen LogP contribution in [0.4, 0.5) is 8.78 Å². The first-order valence-electron chi connectivity index (χ1n) is 10.4. The zero-order valence-corrected chi connectivity index (χ0v) is 18.1. The fourth-order valence-corrected chi connectivity index (χ4v) is 3.40. The van der Waals surface area contributed by atoms with Crippen LogP contribution in [0.25, 0.3) is 0 Å². The van der Waals surface area contributed by atoms with Crippen molar-refractivity contribution in [3.63, 3.8) is 0 Å². The third-order valence-corrected chi connectivity index (χ3v) is 5.11. The highest BCUT2D eigenvalue weighted by molar-refractivity contribution is 5.79. The standard InChI is InChI=1S/C21H34F2N4O3/c1-4-24-21(25-14-16-7-9-27(10-8-16)11-12-28-2)26-15-17-13-18(29-3)5-6-19(17)30-20(22)23/h5-6,13,16,20H,4,7-12,14-15H2,1-3H3,(H2,24,25,26). The first kappa shape index (κ1) is 24.1. The van der Waals surface area contributed by atoms with E-state index in [4.69, 9.17) is 9.47 Å². The van der Waals surface area contributed by atoms with E-state index in [2.05, 4.69) is 25.3 Å². The fraction of sp³-hybridized carbons (Fsp3) is 0.667. The minimum Gasteiger partial charge on any atom is -0.497 e. The molecule has 0 aromatic heterocycles. The van der Waals surface area contributed by atoms with E-state index in [0.717, 1.165) is 45.6 Å². The highest BCUT2D eigenvalue weighted by Gasteiger charge is 2.19. The molecule has 1 aromatic carbocycles. The van der Waals surface area contributed by atoms with Crippen molar-refractivity contribution >= 4 is 5.96 Å². The maximum Gasteiger partial charge on any atom is 0.387 e. The summed E-state index contributed by atoms with van der Waals surface area (Å²) < 4.78 is 40.4. The molecule has 0 radical (unpaired) electrons. The van der Waals surface area contributed by atoms with Crippen LogP contribution in [0.1, 0.15) is 25.3 Å². The van der Waals surface area contributed by atoms with E-state index in [1.165, 1.54) is 13.2 Å². The maximum absolute atomic E-state index is 12.7. The van der Waals surface area contributed by atoms with Gasteiger partial charge < -0.3 is 29.7 Å². The van der Waals surface area contributed by atoms with E-state index in [1.807, 2.05) is 6.92 Å². The third-order valence-electron chi connectivity index (χ3n) is 5.11. The number of guanidine groups is 1. The molecule has 0 atom stereocenters. The van der Waals surface area contributed by atoms with Crippen molar-refractivity contribution in [2.24, 2.45) is 10.9 Å². The number of hydrogen-bond acceptors (Lipinski definition) is 5. The Morgan fingerprint density at radius 1 is 1.23 bits per heavy atom. The van der Waals surface area contributed by atoms with Crippen molar-refractivity contribution in [1.82, 2.24) is 15.5 Å². The van der Waals surface area contributed by atoms with Gasteiger partial charge in [0.25, 0.3) is 0 Å². The molecule has 1 saturated heterocycles. The predicted molar refractivity (Wildman–Crippen MR) is 113 cm³/mol. The summed E-state index contributed by atoms with van der Waals surface area (Å²) in [6.45, 7) is 4.71. The van der Waals surface area contributed by atoms with E-state index in [9.17, 15) is 8.78 Å². The van der Waals surface area contributed by atoms with Crippen molar-refractivity contribution in [3.8, 4) is 11.5 Å². The van der Waals surface area contributed by atoms with Gasteiger partial charge in [-0.2, -0.15) is 8.78 Å². The first-order valence-corrected chi connectivity index (χ1v) is 10.4. The van der Waals surface area contributed by atoms with Gasteiger partial charge in [-0.25, -0.2) is 4.99 Å². The number of piperidine rings is 1. The molecule has 0 saturated carbocycles.